The van der Waals surface area contributed by atoms with Crippen LogP contribution in [-0.2, 0) is 4.74 Å². The molecule has 1 aromatic carbocycles. The summed E-state index contributed by atoms with van der Waals surface area (Å²) in [5.41, 5.74) is 1.58. The lowest BCUT2D eigenvalue weighted by Crippen LogP contribution is -2.52. The molecule has 2 fully saturated rings. The molecule has 1 unspecified atom stereocenters. The molecule has 5 heteroatoms. The average molecular weight is 323 g/mol. The third-order valence-corrected chi connectivity index (χ3v) is 5.33. The van der Waals surface area contributed by atoms with Crippen LogP contribution in [0.15, 0.2) is 18.2 Å². The Labute approximate surface area is 136 Å². The van der Waals surface area contributed by atoms with Crippen LogP contribution in [-0.4, -0.2) is 36.2 Å². The third kappa shape index (κ3) is 3.23. The van der Waals surface area contributed by atoms with Gasteiger partial charge in [0.1, 0.15) is 6.10 Å². The number of halogens is 1. The highest BCUT2D eigenvalue weighted by Crippen LogP contribution is 2.34. The average Bonchev–Trinajstić information content (AvgIpc) is 2.44. The lowest BCUT2D eigenvalue weighted by atomic mass is 9.83. The first-order valence-electron chi connectivity index (χ1n) is 7.99. The van der Waals surface area contributed by atoms with Crippen LogP contribution in [0.4, 0.5) is 10.5 Å². The topological polar surface area (TPSA) is 41.6 Å². The van der Waals surface area contributed by atoms with Gasteiger partial charge in [-0.2, -0.15) is 0 Å². The number of anilines is 1. The summed E-state index contributed by atoms with van der Waals surface area (Å²) in [6, 6.07) is 6.65. The van der Waals surface area contributed by atoms with Gasteiger partial charge in [0.15, 0.2) is 0 Å². The molecular weight excluding hydrogens is 300 g/mol. The quantitative estimate of drug-likeness (QED) is 0.886. The smallest absolute Gasteiger partial charge is 0.411 e. The number of carbonyl (C=O) groups excluding carboxylic acids is 1. The van der Waals surface area contributed by atoms with E-state index >= 15 is 0 Å². The van der Waals surface area contributed by atoms with Gasteiger partial charge in [-0.05, 0) is 38.4 Å². The van der Waals surface area contributed by atoms with Gasteiger partial charge in [-0.3, -0.25) is 5.32 Å². The number of hydrogen-bond donors (Lipinski definition) is 1. The highest BCUT2D eigenvalue weighted by atomic mass is 35.5. The molecule has 1 aromatic rings. The molecule has 22 heavy (non-hydrogen) atoms. The number of hydrogen-bond acceptors (Lipinski definition) is 3. The van der Waals surface area contributed by atoms with Crippen molar-refractivity contribution in [3.05, 3.63) is 28.8 Å². The fraction of sp³-hybridized carbons (Fsp3) is 0.588. The zero-order chi connectivity index (χ0) is 15.7. The van der Waals surface area contributed by atoms with E-state index in [2.05, 4.69) is 17.3 Å². The fourth-order valence-electron chi connectivity index (χ4n) is 3.74. The maximum atomic E-state index is 12.2. The fourth-order valence-corrected chi connectivity index (χ4v) is 4.00. The van der Waals surface area contributed by atoms with Crippen molar-refractivity contribution in [1.82, 2.24) is 4.90 Å². The molecular formula is C17H23ClN2O2. The highest BCUT2D eigenvalue weighted by molar-refractivity contribution is 6.33. The van der Waals surface area contributed by atoms with Gasteiger partial charge in [0, 0.05) is 24.9 Å². The summed E-state index contributed by atoms with van der Waals surface area (Å²) in [7, 11) is 2.19. The number of benzene rings is 1. The molecule has 0 aromatic heterocycles. The van der Waals surface area contributed by atoms with Crippen LogP contribution in [0.2, 0.25) is 5.02 Å². The maximum absolute atomic E-state index is 12.2. The Hall–Kier alpha value is -1.26. The molecule has 1 amide bonds. The number of nitrogens with one attached hydrogen (secondary N) is 1. The van der Waals surface area contributed by atoms with E-state index in [1.165, 1.54) is 19.3 Å². The molecule has 120 valence electrons. The molecule has 3 atom stereocenters. The number of para-hydroxylation sites is 1. The minimum Gasteiger partial charge on any atom is -0.446 e. The van der Waals surface area contributed by atoms with E-state index < -0.39 is 6.09 Å². The predicted molar refractivity (Wildman–Crippen MR) is 88.5 cm³/mol. The van der Waals surface area contributed by atoms with Crippen molar-refractivity contribution in [2.45, 2.75) is 57.2 Å². The summed E-state index contributed by atoms with van der Waals surface area (Å²) in [5, 5.41) is 3.34. The molecule has 0 radical (unpaired) electrons. The van der Waals surface area contributed by atoms with E-state index in [9.17, 15) is 4.79 Å². The molecule has 3 rings (SSSR count). The van der Waals surface area contributed by atoms with Crippen LogP contribution in [0.1, 0.15) is 37.7 Å². The number of piperidine rings is 2. The number of nitrogens with zero attached hydrogens (tertiary/aromatic N) is 1. The lowest BCUT2D eigenvalue weighted by Gasteiger charge is -2.46. The largest absolute Gasteiger partial charge is 0.446 e. The van der Waals surface area contributed by atoms with Crippen molar-refractivity contribution < 1.29 is 9.53 Å². The van der Waals surface area contributed by atoms with E-state index in [0.29, 0.717) is 22.8 Å². The van der Waals surface area contributed by atoms with Crippen molar-refractivity contribution >= 4 is 23.4 Å². The number of rotatable bonds is 2. The second-order valence-electron chi connectivity index (χ2n) is 6.46. The number of carbonyl (C=O) groups is 1. The molecule has 1 N–H and O–H groups in total. The monoisotopic (exact) mass is 322 g/mol. The second-order valence-corrected chi connectivity index (χ2v) is 6.87. The standard InChI is InChI=1S/C17H23ClN2O2/c1-11-5-3-8-15(18)16(11)19-17(21)22-14-9-12-6-4-7-13(10-14)20(12)2/h3,5,8,12-14H,4,6-7,9-10H2,1-2H3,(H,19,21)/t12-,13+,14?. The molecule has 0 spiro atoms. The maximum Gasteiger partial charge on any atom is 0.411 e. The van der Waals surface area contributed by atoms with Gasteiger partial charge in [-0.15, -0.1) is 0 Å². The van der Waals surface area contributed by atoms with Crippen LogP contribution in [0, 0.1) is 6.92 Å². The Morgan fingerprint density at radius 1 is 1.32 bits per heavy atom. The van der Waals surface area contributed by atoms with E-state index in [1.807, 2.05) is 19.1 Å². The third-order valence-electron chi connectivity index (χ3n) is 5.02. The normalized spacial score (nSPS) is 28.2. The summed E-state index contributed by atoms with van der Waals surface area (Å²) in [6.45, 7) is 1.92. The van der Waals surface area contributed by atoms with Gasteiger partial charge in [0.05, 0.1) is 10.7 Å². The van der Waals surface area contributed by atoms with Crippen molar-refractivity contribution in [3.63, 3.8) is 0 Å². The lowest BCUT2D eigenvalue weighted by molar-refractivity contribution is -0.0161. The summed E-state index contributed by atoms with van der Waals surface area (Å²) < 4.78 is 5.65. The summed E-state index contributed by atoms with van der Waals surface area (Å²) in [4.78, 5) is 14.6. The van der Waals surface area contributed by atoms with E-state index in [1.54, 1.807) is 6.07 Å². The zero-order valence-corrected chi connectivity index (χ0v) is 13.9. The molecule has 2 aliphatic rings. The first kappa shape index (κ1) is 15.6. The van der Waals surface area contributed by atoms with Crippen LogP contribution in [0.3, 0.4) is 0 Å². The van der Waals surface area contributed by atoms with Crippen LogP contribution in [0.5, 0.6) is 0 Å². The van der Waals surface area contributed by atoms with Gasteiger partial charge in [-0.1, -0.05) is 30.2 Å². The van der Waals surface area contributed by atoms with Gasteiger partial charge in [0.2, 0.25) is 0 Å². The van der Waals surface area contributed by atoms with Gasteiger partial charge in [0.25, 0.3) is 0 Å². The Kier molecular flexibility index (Phi) is 4.59. The van der Waals surface area contributed by atoms with Gasteiger partial charge >= 0.3 is 6.09 Å². The Balaban J connectivity index is 1.61. The predicted octanol–water partition coefficient (Wildman–Crippen LogP) is 4.21. The summed E-state index contributed by atoms with van der Waals surface area (Å²) in [5.74, 6) is 0. The van der Waals surface area contributed by atoms with E-state index in [0.717, 1.165) is 18.4 Å². The molecule has 0 saturated carbocycles. The minimum atomic E-state index is -0.399. The number of aryl methyl sites for hydroxylation is 1. The number of fused-ring (bicyclic) bond motifs is 2. The van der Waals surface area contributed by atoms with Crippen LogP contribution < -0.4 is 5.32 Å². The van der Waals surface area contributed by atoms with Crippen LogP contribution >= 0.6 is 11.6 Å². The van der Waals surface area contributed by atoms with Crippen molar-refractivity contribution in [2.24, 2.45) is 0 Å². The van der Waals surface area contributed by atoms with E-state index in [4.69, 9.17) is 16.3 Å². The SMILES string of the molecule is Cc1cccc(Cl)c1NC(=O)OC1C[C@H]2CCC[C@@H](C1)N2C. The highest BCUT2D eigenvalue weighted by Gasteiger charge is 2.37. The van der Waals surface area contributed by atoms with Crippen molar-refractivity contribution in [3.8, 4) is 0 Å². The van der Waals surface area contributed by atoms with Gasteiger partial charge in [-0.25, -0.2) is 4.79 Å². The molecule has 4 nitrogen and oxygen atoms in total. The Bertz CT molecular complexity index is 529. The Morgan fingerprint density at radius 3 is 2.64 bits per heavy atom. The van der Waals surface area contributed by atoms with E-state index in [-0.39, 0.29) is 6.10 Å². The molecule has 2 heterocycles. The summed E-state index contributed by atoms with van der Waals surface area (Å²) in [6.07, 6.45) is 5.18. The second kappa shape index (κ2) is 6.47. The molecule has 2 saturated heterocycles. The molecule has 0 aliphatic carbocycles. The first-order valence-corrected chi connectivity index (χ1v) is 8.37. The Morgan fingerprint density at radius 2 is 2.00 bits per heavy atom. The van der Waals surface area contributed by atoms with Crippen molar-refractivity contribution in [1.29, 1.82) is 0 Å². The number of amides is 1. The first-order chi connectivity index (χ1) is 10.5. The van der Waals surface area contributed by atoms with Gasteiger partial charge < -0.3 is 9.64 Å². The zero-order valence-electron chi connectivity index (χ0n) is 13.1. The summed E-state index contributed by atoms with van der Waals surface area (Å²) >= 11 is 6.14. The van der Waals surface area contributed by atoms with Crippen LogP contribution in [0.25, 0.3) is 0 Å². The minimum absolute atomic E-state index is 0.00861. The number of ether oxygens (including phenoxy) is 1. The molecule has 2 bridgehead atoms. The van der Waals surface area contributed by atoms with Crippen molar-refractivity contribution in [2.75, 3.05) is 12.4 Å². The molecule has 2 aliphatic heterocycles.